The molecule has 0 unspecified atom stereocenters. The predicted molar refractivity (Wildman–Crippen MR) is 66.9 cm³/mol. The number of benzene rings is 1. The molecule has 0 spiro atoms. The fraction of sp³-hybridized carbons (Fsp3) is 0.143. The van der Waals surface area contributed by atoms with Crippen molar-refractivity contribution >= 4 is 11.3 Å². The lowest BCUT2D eigenvalue weighted by atomic mass is 9.98. The highest BCUT2D eigenvalue weighted by Crippen LogP contribution is 2.28. The second kappa shape index (κ2) is 3.77. The maximum absolute atomic E-state index is 4.07. The summed E-state index contributed by atoms with van der Waals surface area (Å²) in [4.78, 5) is 0. The van der Waals surface area contributed by atoms with E-state index in [-0.39, 0.29) is 0 Å². The summed E-state index contributed by atoms with van der Waals surface area (Å²) in [6, 6.07) is 4.35. The van der Waals surface area contributed by atoms with Gasteiger partial charge >= 0.3 is 0 Å². The number of hydrogen-bond acceptors (Lipinski definition) is 1. The van der Waals surface area contributed by atoms with Crippen molar-refractivity contribution in [3.63, 3.8) is 0 Å². The van der Waals surface area contributed by atoms with E-state index in [2.05, 4.69) is 37.9 Å². The first-order valence-electron chi connectivity index (χ1n) is 5.09. The molecule has 1 aromatic carbocycles. The highest BCUT2D eigenvalue weighted by atomic mass is 14.8. The van der Waals surface area contributed by atoms with Gasteiger partial charge < -0.3 is 5.32 Å². The molecule has 0 aromatic heterocycles. The van der Waals surface area contributed by atoms with Crippen LogP contribution in [0, 0.1) is 13.8 Å². The summed E-state index contributed by atoms with van der Waals surface area (Å²) >= 11 is 0. The van der Waals surface area contributed by atoms with Gasteiger partial charge in [-0.1, -0.05) is 18.7 Å². The summed E-state index contributed by atoms with van der Waals surface area (Å²) in [6.07, 6.45) is 7.94. The average molecular weight is 197 g/mol. The summed E-state index contributed by atoms with van der Waals surface area (Å²) in [5.74, 6) is 0. The molecule has 0 atom stereocenters. The third-order valence-electron chi connectivity index (χ3n) is 2.72. The number of rotatable bonds is 0. The first-order valence-corrected chi connectivity index (χ1v) is 5.09. The molecule has 0 saturated heterocycles. The Hall–Kier alpha value is -1.76. The summed E-state index contributed by atoms with van der Waals surface area (Å²) in [6.45, 7) is 8.32. The van der Waals surface area contributed by atoms with E-state index < -0.39 is 0 Å². The molecule has 0 fully saturated rings. The van der Waals surface area contributed by atoms with Gasteiger partial charge in [0, 0.05) is 17.5 Å². The van der Waals surface area contributed by atoms with Crippen molar-refractivity contribution in [3.05, 3.63) is 59.8 Å². The van der Waals surface area contributed by atoms with Gasteiger partial charge in [0.05, 0.1) is 0 Å². The fourth-order valence-electron chi connectivity index (χ4n) is 1.66. The molecule has 1 aliphatic rings. The molecule has 0 aliphatic carbocycles. The quantitative estimate of drug-likeness (QED) is 0.666. The van der Waals surface area contributed by atoms with Crippen molar-refractivity contribution in [1.82, 2.24) is 0 Å². The summed E-state index contributed by atoms with van der Waals surface area (Å²) in [5, 5.41) is 3.27. The Morgan fingerprint density at radius 3 is 2.60 bits per heavy atom. The summed E-state index contributed by atoms with van der Waals surface area (Å²) in [5.41, 5.74) is 5.95. The lowest BCUT2D eigenvalue weighted by molar-refractivity contribution is 1.32. The van der Waals surface area contributed by atoms with Crippen molar-refractivity contribution in [2.45, 2.75) is 13.8 Å². The van der Waals surface area contributed by atoms with Crippen LogP contribution in [0.25, 0.3) is 5.57 Å². The molecule has 0 radical (unpaired) electrons. The highest BCUT2D eigenvalue weighted by molar-refractivity contribution is 5.82. The van der Waals surface area contributed by atoms with E-state index >= 15 is 0 Å². The minimum Gasteiger partial charge on any atom is -0.361 e. The van der Waals surface area contributed by atoms with E-state index in [0.29, 0.717) is 0 Å². The molecule has 1 heteroatoms. The van der Waals surface area contributed by atoms with Crippen molar-refractivity contribution in [3.8, 4) is 0 Å². The van der Waals surface area contributed by atoms with Crippen molar-refractivity contribution < 1.29 is 0 Å². The lowest BCUT2D eigenvalue weighted by Crippen LogP contribution is -1.97. The number of hydrogen-bond donors (Lipinski definition) is 1. The Morgan fingerprint density at radius 1 is 1.07 bits per heavy atom. The van der Waals surface area contributed by atoms with Crippen LogP contribution in [0.5, 0.6) is 0 Å². The number of allylic oxidation sites excluding steroid dienone is 4. The van der Waals surface area contributed by atoms with Crippen LogP contribution in [0.1, 0.15) is 16.7 Å². The largest absolute Gasteiger partial charge is 0.361 e. The minimum atomic E-state index is 1.05. The second-order valence-corrected chi connectivity index (χ2v) is 3.87. The van der Waals surface area contributed by atoms with Gasteiger partial charge in [-0.3, -0.25) is 0 Å². The molecule has 0 amide bonds. The standard InChI is InChI=1S/C14H15N/c1-10-6-4-5-7-15-14-9-12(3)11(2)8-13(10)14/h4-9,15H,1H2,2-3H3/b6-4-,7-5-. The minimum absolute atomic E-state index is 1.05. The van der Waals surface area contributed by atoms with E-state index in [1.807, 2.05) is 24.4 Å². The van der Waals surface area contributed by atoms with E-state index in [1.54, 1.807) is 0 Å². The van der Waals surface area contributed by atoms with Gasteiger partial charge in [0.2, 0.25) is 0 Å². The van der Waals surface area contributed by atoms with Gasteiger partial charge in [-0.2, -0.15) is 0 Å². The predicted octanol–water partition coefficient (Wildman–Crippen LogP) is 3.81. The Bertz CT molecular complexity index is 464. The Kier molecular flexibility index (Phi) is 2.46. The number of fused-ring (bicyclic) bond motifs is 1. The van der Waals surface area contributed by atoms with E-state index in [9.17, 15) is 0 Å². The van der Waals surface area contributed by atoms with Gasteiger partial charge in [0.1, 0.15) is 0 Å². The van der Waals surface area contributed by atoms with Crippen molar-refractivity contribution in [2.75, 3.05) is 5.32 Å². The van der Waals surface area contributed by atoms with E-state index in [1.165, 1.54) is 16.7 Å². The van der Waals surface area contributed by atoms with Crippen LogP contribution in [-0.2, 0) is 0 Å². The van der Waals surface area contributed by atoms with Crippen molar-refractivity contribution in [2.24, 2.45) is 0 Å². The Labute approximate surface area is 90.8 Å². The molecule has 0 saturated carbocycles. The van der Waals surface area contributed by atoms with Crippen LogP contribution in [0.3, 0.4) is 0 Å². The normalized spacial score (nSPS) is 18.4. The maximum Gasteiger partial charge on any atom is 0.0462 e. The van der Waals surface area contributed by atoms with Crippen LogP contribution in [0.4, 0.5) is 5.69 Å². The van der Waals surface area contributed by atoms with Crippen LogP contribution >= 0.6 is 0 Å². The third kappa shape index (κ3) is 1.86. The van der Waals surface area contributed by atoms with Crippen LogP contribution in [-0.4, -0.2) is 0 Å². The number of anilines is 1. The van der Waals surface area contributed by atoms with Crippen LogP contribution in [0.2, 0.25) is 0 Å². The van der Waals surface area contributed by atoms with Crippen LogP contribution < -0.4 is 5.32 Å². The van der Waals surface area contributed by atoms with Gasteiger partial charge in [-0.15, -0.1) is 0 Å². The maximum atomic E-state index is 4.07. The molecule has 2 rings (SSSR count). The monoisotopic (exact) mass is 197 g/mol. The van der Waals surface area contributed by atoms with E-state index in [4.69, 9.17) is 0 Å². The molecule has 1 heterocycles. The van der Waals surface area contributed by atoms with E-state index in [0.717, 1.165) is 11.3 Å². The van der Waals surface area contributed by atoms with Gasteiger partial charge in [0.25, 0.3) is 0 Å². The molecule has 1 aliphatic heterocycles. The van der Waals surface area contributed by atoms with Gasteiger partial charge in [-0.05, 0) is 48.8 Å². The molecule has 15 heavy (non-hydrogen) atoms. The number of nitrogens with one attached hydrogen (secondary N) is 1. The first-order chi connectivity index (χ1) is 7.18. The summed E-state index contributed by atoms with van der Waals surface area (Å²) in [7, 11) is 0. The molecular weight excluding hydrogens is 182 g/mol. The average Bonchev–Trinajstić information content (AvgIpc) is 2.19. The Balaban J connectivity index is 2.61. The zero-order valence-electron chi connectivity index (χ0n) is 9.17. The smallest absolute Gasteiger partial charge is 0.0462 e. The molecule has 76 valence electrons. The topological polar surface area (TPSA) is 12.0 Å². The first kappa shape index (κ1) is 9.78. The molecule has 1 nitrogen and oxygen atoms in total. The van der Waals surface area contributed by atoms with Crippen LogP contribution in [0.15, 0.2) is 43.1 Å². The zero-order valence-corrected chi connectivity index (χ0v) is 9.17. The Morgan fingerprint density at radius 2 is 1.80 bits per heavy atom. The second-order valence-electron chi connectivity index (χ2n) is 3.87. The molecule has 1 aromatic rings. The van der Waals surface area contributed by atoms with Gasteiger partial charge in [-0.25, -0.2) is 0 Å². The molecular formula is C14H15N. The van der Waals surface area contributed by atoms with Crippen molar-refractivity contribution in [1.29, 1.82) is 0 Å². The van der Waals surface area contributed by atoms with Gasteiger partial charge in [0.15, 0.2) is 0 Å². The molecule has 1 N–H and O–H groups in total. The highest BCUT2D eigenvalue weighted by Gasteiger charge is 2.06. The fourth-order valence-corrected chi connectivity index (χ4v) is 1.66. The lowest BCUT2D eigenvalue weighted by Gasteiger charge is -2.14. The third-order valence-corrected chi connectivity index (χ3v) is 2.72. The summed E-state index contributed by atoms with van der Waals surface area (Å²) < 4.78 is 0. The molecule has 0 bridgehead atoms. The SMILES string of the molecule is C=C1/C=C\C=C/Nc2cc(C)c(C)cc21. The number of aryl methyl sites for hydroxylation is 2. The zero-order chi connectivity index (χ0) is 10.8.